The van der Waals surface area contributed by atoms with Crippen molar-refractivity contribution in [3.05, 3.63) is 11.6 Å². The molecule has 0 bridgehead atoms. The Bertz CT molecular complexity index is 433. The van der Waals surface area contributed by atoms with E-state index >= 15 is 0 Å². The van der Waals surface area contributed by atoms with E-state index < -0.39 is 18.4 Å². The maximum Gasteiger partial charge on any atom is 0.315 e. The lowest BCUT2D eigenvalue weighted by Crippen LogP contribution is -2.33. The van der Waals surface area contributed by atoms with Crippen molar-refractivity contribution in [3.8, 4) is 0 Å². The van der Waals surface area contributed by atoms with Gasteiger partial charge in [-0.05, 0) is 19.8 Å². The number of carbonyl (C=O) groups is 1. The van der Waals surface area contributed by atoms with Gasteiger partial charge in [0.25, 0.3) is 5.91 Å². The summed E-state index contributed by atoms with van der Waals surface area (Å²) in [6.45, 7) is 2.43. The van der Waals surface area contributed by atoms with Gasteiger partial charge in [-0.1, -0.05) is 6.42 Å². The van der Waals surface area contributed by atoms with E-state index in [2.05, 4.69) is 15.5 Å². The monoisotopic (exact) mass is 258 g/mol. The minimum Gasteiger partial charge on any atom is -0.341 e. The minimum absolute atomic E-state index is 0.550. The number of rotatable bonds is 3. The Labute approximate surface area is 104 Å². The van der Waals surface area contributed by atoms with Gasteiger partial charge in [-0.2, -0.15) is 8.78 Å². The largest absolute Gasteiger partial charge is 0.341 e. The van der Waals surface area contributed by atoms with Crippen LogP contribution in [0.15, 0.2) is 0 Å². The normalized spacial score (nSPS) is 17.1. The number of aromatic nitrogens is 3. The molecule has 5 nitrogen and oxygen atoms in total. The number of fused-ring (bicyclic) bond motifs is 1. The summed E-state index contributed by atoms with van der Waals surface area (Å²) in [5.74, 6) is 0.162. The maximum absolute atomic E-state index is 12.2. The smallest absolute Gasteiger partial charge is 0.315 e. The standard InChI is InChI=1S/C11H16F2N4O/c1-7(14-11(18)9(12)13)10-16-15-8-5-3-2-4-6-17(8)10/h7,9H,2-6H2,1H3,(H,14,18). The Hall–Kier alpha value is -1.53. The summed E-state index contributed by atoms with van der Waals surface area (Å²) in [6.07, 6.45) is 1.06. The summed E-state index contributed by atoms with van der Waals surface area (Å²) in [7, 11) is 0. The first-order valence-corrected chi connectivity index (χ1v) is 6.10. The molecular weight excluding hydrogens is 242 g/mol. The summed E-state index contributed by atoms with van der Waals surface area (Å²) in [6, 6.07) is -0.550. The van der Waals surface area contributed by atoms with E-state index in [4.69, 9.17) is 0 Å². The fourth-order valence-electron chi connectivity index (χ4n) is 2.17. The van der Waals surface area contributed by atoms with Gasteiger partial charge in [-0.25, -0.2) is 0 Å². The van der Waals surface area contributed by atoms with Crippen LogP contribution in [0.5, 0.6) is 0 Å². The molecule has 0 saturated carbocycles. The lowest BCUT2D eigenvalue weighted by molar-refractivity contribution is -0.132. The highest BCUT2D eigenvalue weighted by Crippen LogP contribution is 2.18. The predicted molar refractivity (Wildman–Crippen MR) is 60.1 cm³/mol. The zero-order valence-electron chi connectivity index (χ0n) is 10.2. The van der Waals surface area contributed by atoms with E-state index in [1.807, 2.05) is 4.57 Å². The third-order valence-electron chi connectivity index (χ3n) is 3.08. The first-order chi connectivity index (χ1) is 8.59. The number of hydrogen-bond acceptors (Lipinski definition) is 3. The highest BCUT2D eigenvalue weighted by Gasteiger charge is 2.23. The van der Waals surface area contributed by atoms with Gasteiger partial charge in [0.05, 0.1) is 6.04 Å². The molecule has 1 aromatic heterocycles. The van der Waals surface area contributed by atoms with Crippen molar-refractivity contribution in [3.63, 3.8) is 0 Å². The lowest BCUT2D eigenvalue weighted by Gasteiger charge is -2.14. The molecule has 0 spiro atoms. The number of nitrogens with one attached hydrogen (secondary N) is 1. The Balaban J connectivity index is 2.13. The maximum atomic E-state index is 12.2. The molecule has 100 valence electrons. The quantitative estimate of drug-likeness (QED) is 0.892. The Morgan fingerprint density at radius 2 is 2.11 bits per heavy atom. The summed E-state index contributed by atoms with van der Waals surface area (Å²) >= 11 is 0. The molecule has 1 amide bonds. The Morgan fingerprint density at radius 3 is 2.83 bits per heavy atom. The van der Waals surface area contributed by atoms with Gasteiger partial charge in [0, 0.05) is 13.0 Å². The summed E-state index contributed by atoms with van der Waals surface area (Å²) in [5.41, 5.74) is 0. The molecular formula is C11H16F2N4O. The summed E-state index contributed by atoms with van der Waals surface area (Å²) < 4.78 is 26.3. The number of alkyl halides is 2. The number of carbonyl (C=O) groups excluding carboxylic acids is 1. The molecule has 1 N–H and O–H groups in total. The van der Waals surface area contributed by atoms with Crippen LogP contribution in [0.1, 0.15) is 43.9 Å². The zero-order valence-corrected chi connectivity index (χ0v) is 10.2. The van der Waals surface area contributed by atoms with Crippen LogP contribution in [0.2, 0.25) is 0 Å². The highest BCUT2D eigenvalue weighted by molar-refractivity contribution is 5.79. The molecule has 0 aliphatic carbocycles. The second kappa shape index (κ2) is 5.41. The van der Waals surface area contributed by atoms with Crippen LogP contribution < -0.4 is 5.32 Å². The molecule has 18 heavy (non-hydrogen) atoms. The lowest BCUT2D eigenvalue weighted by atomic mass is 10.2. The van der Waals surface area contributed by atoms with Crippen molar-refractivity contribution < 1.29 is 13.6 Å². The topological polar surface area (TPSA) is 59.8 Å². The van der Waals surface area contributed by atoms with Crippen molar-refractivity contribution in [2.75, 3.05) is 0 Å². The molecule has 1 aliphatic heterocycles. The third kappa shape index (κ3) is 2.65. The molecule has 1 aliphatic rings. The number of halogens is 2. The van der Waals surface area contributed by atoms with E-state index in [-0.39, 0.29) is 0 Å². The molecule has 1 atom stereocenters. The third-order valence-corrected chi connectivity index (χ3v) is 3.08. The number of hydrogen-bond donors (Lipinski definition) is 1. The number of nitrogens with zero attached hydrogens (tertiary/aromatic N) is 3. The van der Waals surface area contributed by atoms with Gasteiger partial charge in [0.1, 0.15) is 5.82 Å². The summed E-state index contributed by atoms with van der Waals surface area (Å²) in [5, 5.41) is 10.3. The van der Waals surface area contributed by atoms with Gasteiger partial charge in [0.2, 0.25) is 0 Å². The SMILES string of the molecule is CC(NC(=O)C(F)F)c1nnc2n1CCCCC2. The molecule has 2 rings (SSSR count). The molecule has 2 heterocycles. The average Bonchev–Trinajstić information content (AvgIpc) is 2.58. The van der Waals surface area contributed by atoms with Crippen molar-refractivity contribution >= 4 is 5.91 Å². The Kier molecular flexibility index (Phi) is 3.88. The second-order valence-corrected chi connectivity index (χ2v) is 4.47. The molecule has 1 unspecified atom stereocenters. The Morgan fingerprint density at radius 1 is 1.33 bits per heavy atom. The first kappa shape index (κ1) is 12.9. The van der Waals surface area contributed by atoms with Crippen LogP contribution in [0, 0.1) is 0 Å². The average molecular weight is 258 g/mol. The van der Waals surface area contributed by atoms with Crippen molar-refractivity contribution in [2.45, 2.75) is 51.6 Å². The van der Waals surface area contributed by atoms with E-state index in [9.17, 15) is 13.6 Å². The summed E-state index contributed by atoms with van der Waals surface area (Å²) in [4.78, 5) is 11.0. The molecule has 1 aromatic rings. The molecule has 7 heteroatoms. The van der Waals surface area contributed by atoms with E-state index in [0.29, 0.717) is 5.82 Å². The van der Waals surface area contributed by atoms with E-state index in [1.54, 1.807) is 6.92 Å². The zero-order chi connectivity index (χ0) is 13.1. The molecule has 0 radical (unpaired) electrons. The van der Waals surface area contributed by atoms with Gasteiger partial charge in [0.15, 0.2) is 5.82 Å². The van der Waals surface area contributed by atoms with Crippen LogP contribution in [-0.2, 0) is 17.8 Å². The van der Waals surface area contributed by atoms with Crippen LogP contribution in [0.25, 0.3) is 0 Å². The minimum atomic E-state index is -3.00. The van der Waals surface area contributed by atoms with Gasteiger partial charge >= 0.3 is 6.43 Å². The van der Waals surface area contributed by atoms with Crippen LogP contribution >= 0.6 is 0 Å². The van der Waals surface area contributed by atoms with Crippen LogP contribution in [0.4, 0.5) is 8.78 Å². The van der Waals surface area contributed by atoms with Crippen LogP contribution in [0.3, 0.4) is 0 Å². The fourth-order valence-corrected chi connectivity index (χ4v) is 2.17. The second-order valence-electron chi connectivity index (χ2n) is 4.47. The molecule has 0 aromatic carbocycles. The van der Waals surface area contributed by atoms with Gasteiger partial charge < -0.3 is 9.88 Å². The van der Waals surface area contributed by atoms with Crippen molar-refractivity contribution in [1.82, 2.24) is 20.1 Å². The number of aryl methyl sites for hydroxylation is 1. The first-order valence-electron chi connectivity index (χ1n) is 6.10. The predicted octanol–water partition coefficient (Wildman–Crippen LogP) is 1.45. The van der Waals surface area contributed by atoms with Crippen molar-refractivity contribution in [2.24, 2.45) is 0 Å². The molecule has 0 saturated heterocycles. The number of amides is 1. The fraction of sp³-hybridized carbons (Fsp3) is 0.727. The molecule has 0 fully saturated rings. The van der Waals surface area contributed by atoms with Crippen molar-refractivity contribution in [1.29, 1.82) is 0 Å². The van der Waals surface area contributed by atoms with E-state index in [1.165, 1.54) is 0 Å². The van der Waals surface area contributed by atoms with E-state index in [0.717, 1.165) is 38.1 Å². The van der Waals surface area contributed by atoms with Crippen LogP contribution in [-0.4, -0.2) is 27.1 Å². The highest BCUT2D eigenvalue weighted by atomic mass is 19.3. The van der Waals surface area contributed by atoms with Gasteiger partial charge in [-0.15, -0.1) is 10.2 Å². The van der Waals surface area contributed by atoms with Gasteiger partial charge in [-0.3, -0.25) is 4.79 Å².